The minimum atomic E-state index is -1.09. The van der Waals surface area contributed by atoms with Crippen LogP contribution in [0.15, 0.2) is 59.5 Å². The minimum absolute atomic E-state index is 0.0722. The number of aromatic nitrogens is 1. The normalized spacial score (nSPS) is 11.7. The van der Waals surface area contributed by atoms with Crippen LogP contribution in [-0.2, 0) is 16.1 Å². The Morgan fingerprint density at radius 1 is 1.04 bits per heavy atom. The summed E-state index contributed by atoms with van der Waals surface area (Å²) in [6.07, 6.45) is 3.17. The number of unbranched alkanes of at least 4 members (excludes halogenated alkanes) is 1. The molecule has 6 heteroatoms. The molecule has 126 valence electrons. The largest absolute Gasteiger partial charge is 0.479 e. The summed E-state index contributed by atoms with van der Waals surface area (Å²) in [7, 11) is 0. The molecule has 0 aliphatic rings. The average molecular weight is 328 g/mol. The third kappa shape index (κ3) is 5.08. The van der Waals surface area contributed by atoms with E-state index >= 15 is 0 Å². The van der Waals surface area contributed by atoms with Crippen LogP contribution in [0.3, 0.4) is 0 Å². The number of nitrogens with one attached hydrogen (secondary N) is 1. The van der Waals surface area contributed by atoms with Gasteiger partial charge in [-0.05, 0) is 24.5 Å². The van der Waals surface area contributed by atoms with Crippen LogP contribution < -0.4 is 10.9 Å². The van der Waals surface area contributed by atoms with E-state index in [2.05, 4.69) is 5.32 Å². The average Bonchev–Trinajstić information content (AvgIpc) is 2.58. The van der Waals surface area contributed by atoms with Crippen LogP contribution in [0.1, 0.15) is 30.9 Å². The number of amides is 1. The van der Waals surface area contributed by atoms with Crippen molar-refractivity contribution in [2.24, 2.45) is 0 Å². The van der Waals surface area contributed by atoms with Crippen molar-refractivity contribution in [2.75, 3.05) is 0 Å². The fraction of sp³-hybridized carbons (Fsp3) is 0.278. The molecular formula is C18H20N2O4. The molecule has 1 heterocycles. The molecule has 0 fully saturated rings. The van der Waals surface area contributed by atoms with E-state index in [9.17, 15) is 19.5 Å². The van der Waals surface area contributed by atoms with Crippen LogP contribution in [0, 0.1) is 0 Å². The number of hydrogen-bond donors (Lipinski definition) is 2. The van der Waals surface area contributed by atoms with Gasteiger partial charge in [0, 0.05) is 25.2 Å². The van der Waals surface area contributed by atoms with Crippen molar-refractivity contribution in [3.05, 3.63) is 70.6 Å². The Bertz CT molecular complexity index is 740. The van der Waals surface area contributed by atoms with Gasteiger partial charge in [-0.3, -0.25) is 9.59 Å². The van der Waals surface area contributed by atoms with Crippen molar-refractivity contribution in [1.29, 1.82) is 0 Å². The van der Waals surface area contributed by atoms with Gasteiger partial charge >= 0.3 is 5.97 Å². The minimum Gasteiger partial charge on any atom is -0.479 e. The van der Waals surface area contributed by atoms with E-state index < -0.39 is 12.0 Å². The molecule has 0 aliphatic carbocycles. The lowest BCUT2D eigenvalue weighted by Crippen LogP contribution is -2.33. The molecule has 0 bridgehead atoms. The van der Waals surface area contributed by atoms with Crippen molar-refractivity contribution in [1.82, 2.24) is 9.88 Å². The summed E-state index contributed by atoms with van der Waals surface area (Å²) in [6.45, 7) is 0.536. The van der Waals surface area contributed by atoms with Crippen LogP contribution in [-0.4, -0.2) is 21.6 Å². The van der Waals surface area contributed by atoms with Gasteiger partial charge < -0.3 is 15.0 Å². The molecule has 6 nitrogen and oxygen atoms in total. The number of benzene rings is 1. The van der Waals surface area contributed by atoms with Gasteiger partial charge in [0.1, 0.15) is 0 Å². The summed E-state index contributed by atoms with van der Waals surface area (Å²) in [5.74, 6) is -1.41. The van der Waals surface area contributed by atoms with E-state index in [0.29, 0.717) is 24.9 Å². The molecule has 1 amide bonds. The molecule has 1 aromatic carbocycles. The molecule has 2 rings (SSSR count). The molecule has 1 aromatic heterocycles. The Morgan fingerprint density at radius 2 is 1.75 bits per heavy atom. The number of pyridine rings is 1. The number of carboxylic acid groups (broad SMARTS) is 1. The number of nitrogens with zero attached hydrogens (tertiary/aromatic N) is 1. The summed E-state index contributed by atoms with van der Waals surface area (Å²) in [5, 5.41) is 11.8. The predicted octanol–water partition coefficient (Wildman–Crippen LogP) is 1.96. The van der Waals surface area contributed by atoms with Crippen molar-refractivity contribution < 1.29 is 14.7 Å². The van der Waals surface area contributed by atoms with E-state index in [4.69, 9.17) is 0 Å². The predicted molar refractivity (Wildman–Crippen MR) is 89.5 cm³/mol. The third-order valence-electron chi connectivity index (χ3n) is 3.64. The quantitative estimate of drug-likeness (QED) is 0.725. The Balaban J connectivity index is 1.81. The zero-order chi connectivity index (χ0) is 17.4. The summed E-state index contributed by atoms with van der Waals surface area (Å²) in [6, 6.07) is 12.5. The number of aliphatic carboxylic acids is 1. The van der Waals surface area contributed by atoms with Crippen LogP contribution in [0.5, 0.6) is 0 Å². The first kappa shape index (κ1) is 17.5. The fourth-order valence-corrected chi connectivity index (χ4v) is 2.38. The van der Waals surface area contributed by atoms with Crippen molar-refractivity contribution in [2.45, 2.75) is 31.8 Å². The van der Waals surface area contributed by atoms with Gasteiger partial charge in [-0.1, -0.05) is 36.4 Å². The summed E-state index contributed by atoms with van der Waals surface area (Å²) < 4.78 is 1.59. The summed E-state index contributed by atoms with van der Waals surface area (Å²) in [5.41, 5.74) is 0.464. The first-order valence-corrected chi connectivity index (χ1v) is 7.80. The highest BCUT2D eigenvalue weighted by Crippen LogP contribution is 2.13. The first-order chi connectivity index (χ1) is 11.6. The maximum Gasteiger partial charge on any atom is 0.330 e. The molecule has 0 saturated heterocycles. The second-order valence-corrected chi connectivity index (χ2v) is 5.44. The van der Waals surface area contributed by atoms with Crippen LogP contribution in [0.2, 0.25) is 0 Å². The van der Waals surface area contributed by atoms with Gasteiger partial charge in [0.15, 0.2) is 6.04 Å². The van der Waals surface area contributed by atoms with E-state index in [-0.39, 0.29) is 17.9 Å². The maximum atomic E-state index is 12.0. The van der Waals surface area contributed by atoms with Crippen LogP contribution >= 0.6 is 0 Å². The van der Waals surface area contributed by atoms with Gasteiger partial charge in [0.25, 0.3) is 0 Å². The zero-order valence-electron chi connectivity index (χ0n) is 13.2. The van der Waals surface area contributed by atoms with Crippen LogP contribution in [0.25, 0.3) is 0 Å². The topological polar surface area (TPSA) is 88.4 Å². The number of carboxylic acids is 1. The molecule has 0 radical (unpaired) electrons. The smallest absolute Gasteiger partial charge is 0.330 e. The number of rotatable bonds is 8. The van der Waals surface area contributed by atoms with Crippen molar-refractivity contribution in [3.8, 4) is 0 Å². The van der Waals surface area contributed by atoms with E-state index in [1.807, 2.05) is 0 Å². The Hall–Kier alpha value is -2.89. The third-order valence-corrected chi connectivity index (χ3v) is 3.64. The van der Waals surface area contributed by atoms with Gasteiger partial charge in [-0.25, -0.2) is 4.79 Å². The Labute approximate surface area is 139 Å². The molecule has 0 aliphatic heterocycles. The summed E-state index contributed by atoms with van der Waals surface area (Å²) in [4.78, 5) is 34.8. The number of carbonyl (C=O) groups excluding carboxylic acids is 1. The number of hydrogen-bond acceptors (Lipinski definition) is 3. The molecular weight excluding hydrogens is 308 g/mol. The van der Waals surface area contributed by atoms with Gasteiger partial charge in [-0.2, -0.15) is 0 Å². The lowest BCUT2D eigenvalue weighted by Gasteiger charge is -2.15. The van der Waals surface area contributed by atoms with E-state index in [1.54, 1.807) is 53.2 Å². The highest BCUT2D eigenvalue weighted by Gasteiger charge is 2.21. The van der Waals surface area contributed by atoms with Gasteiger partial charge in [0.2, 0.25) is 11.5 Å². The van der Waals surface area contributed by atoms with E-state index in [1.165, 1.54) is 6.07 Å². The first-order valence-electron chi connectivity index (χ1n) is 7.80. The van der Waals surface area contributed by atoms with E-state index in [0.717, 1.165) is 0 Å². The summed E-state index contributed by atoms with van der Waals surface area (Å²) >= 11 is 0. The molecule has 0 saturated carbocycles. The number of carbonyl (C=O) groups is 2. The molecule has 0 spiro atoms. The molecule has 1 unspecified atom stereocenters. The molecule has 2 N–H and O–H groups in total. The lowest BCUT2D eigenvalue weighted by atomic mass is 10.1. The van der Waals surface area contributed by atoms with Gasteiger partial charge in [-0.15, -0.1) is 0 Å². The number of aryl methyl sites for hydroxylation is 1. The maximum absolute atomic E-state index is 12.0. The molecule has 1 atom stereocenters. The highest BCUT2D eigenvalue weighted by atomic mass is 16.4. The van der Waals surface area contributed by atoms with Crippen molar-refractivity contribution in [3.63, 3.8) is 0 Å². The molecule has 24 heavy (non-hydrogen) atoms. The Morgan fingerprint density at radius 3 is 2.42 bits per heavy atom. The molecule has 2 aromatic rings. The monoisotopic (exact) mass is 328 g/mol. The van der Waals surface area contributed by atoms with Crippen LogP contribution in [0.4, 0.5) is 0 Å². The second kappa shape index (κ2) is 8.67. The SMILES string of the molecule is O=C(CCCCn1ccccc1=O)NC(C(=O)O)c1ccccc1. The Kier molecular flexibility index (Phi) is 6.31. The van der Waals surface area contributed by atoms with Gasteiger partial charge in [0.05, 0.1) is 0 Å². The fourth-order valence-electron chi connectivity index (χ4n) is 2.38. The second-order valence-electron chi connectivity index (χ2n) is 5.44. The highest BCUT2D eigenvalue weighted by molar-refractivity contribution is 5.84. The standard InChI is InChI=1S/C18H20N2O4/c21-15(10-4-6-12-20-13-7-5-11-16(20)22)19-17(18(23)24)14-8-2-1-3-9-14/h1-3,5,7-9,11,13,17H,4,6,10,12H2,(H,19,21)(H,23,24). The lowest BCUT2D eigenvalue weighted by molar-refractivity contribution is -0.142. The zero-order valence-corrected chi connectivity index (χ0v) is 13.2. The van der Waals surface area contributed by atoms with Crippen molar-refractivity contribution >= 4 is 11.9 Å².